The van der Waals surface area contributed by atoms with Crippen LogP contribution in [0.15, 0.2) is 11.6 Å². The summed E-state index contributed by atoms with van der Waals surface area (Å²) in [5, 5.41) is 127. The average molecular weight is 1060 g/mol. The van der Waals surface area contributed by atoms with Crippen LogP contribution in [0.2, 0.25) is 0 Å². The summed E-state index contributed by atoms with van der Waals surface area (Å²) in [4.78, 5) is 27.8. The molecule has 0 bridgehead atoms. The van der Waals surface area contributed by atoms with Crippen LogP contribution in [0.25, 0.3) is 0 Å². The van der Waals surface area contributed by atoms with E-state index < -0.39 is 159 Å². The lowest BCUT2D eigenvalue weighted by molar-refractivity contribution is -0.360. The van der Waals surface area contributed by atoms with Crippen LogP contribution in [0.5, 0.6) is 0 Å². The fraction of sp³-hybridized carbons (Fsp3) is 0.923. The van der Waals surface area contributed by atoms with Crippen molar-refractivity contribution in [3.05, 3.63) is 11.6 Å². The molecule has 5 aliphatic carbocycles. The van der Waals surface area contributed by atoms with Gasteiger partial charge in [0.15, 0.2) is 25.0 Å². The van der Waals surface area contributed by atoms with Gasteiger partial charge in [-0.15, -0.1) is 0 Å². The largest absolute Gasteiger partial charge is 0.479 e. The van der Waals surface area contributed by atoms with Gasteiger partial charge in [0.1, 0.15) is 79.4 Å². The van der Waals surface area contributed by atoms with Crippen molar-refractivity contribution in [2.75, 3.05) is 19.8 Å². The number of aliphatic carboxylic acids is 1. The monoisotopic (exact) mass is 1060 g/mol. The van der Waals surface area contributed by atoms with Crippen molar-refractivity contribution in [2.45, 2.75) is 229 Å². The second-order valence-electron chi connectivity index (χ2n) is 25.3. The van der Waals surface area contributed by atoms with Gasteiger partial charge in [-0.25, -0.2) is 4.79 Å². The van der Waals surface area contributed by atoms with Crippen LogP contribution in [0.3, 0.4) is 0 Å². The van der Waals surface area contributed by atoms with E-state index in [9.17, 15) is 70.9 Å². The van der Waals surface area contributed by atoms with Gasteiger partial charge in [0.25, 0.3) is 0 Å². The molecular formula is C52H82O22. The van der Waals surface area contributed by atoms with Crippen molar-refractivity contribution in [2.24, 2.45) is 50.2 Å². The lowest BCUT2D eigenvalue weighted by Crippen LogP contribution is -2.67. The minimum absolute atomic E-state index is 0.0557. The second kappa shape index (κ2) is 20.3. The van der Waals surface area contributed by atoms with E-state index in [0.717, 1.165) is 32.1 Å². The zero-order chi connectivity index (χ0) is 54.0. The maximum Gasteiger partial charge on any atom is 0.335 e. The van der Waals surface area contributed by atoms with Gasteiger partial charge in [-0.3, -0.25) is 4.79 Å². The second-order valence-corrected chi connectivity index (χ2v) is 25.3. The Morgan fingerprint density at radius 1 is 0.581 bits per heavy atom. The number of rotatable bonds is 12. The third-order valence-electron chi connectivity index (χ3n) is 20.7. The minimum atomic E-state index is -1.97. The Bertz CT molecular complexity index is 2090. The number of carbonyl (C=O) groups excluding carboxylic acids is 1. The Labute approximate surface area is 430 Å². The van der Waals surface area contributed by atoms with Gasteiger partial charge >= 0.3 is 11.9 Å². The van der Waals surface area contributed by atoms with Gasteiger partial charge < -0.3 is 99.2 Å². The first-order chi connectivity index (χ1) is 34.6. The quantitative estimate of drug-likeness (QED) is 0.0655. The smallest absolute Gasteiger partial charge is 0.335 e. The first kappa shape index (κ1) is 56.7. The summed E-state index contributed by atoms with van der Waals surface area (Å²) in [6, 6.07) is 0. The standard InChI is InChI=1S/C52H82O22/c1-47(2)14-16-52(46(66)74-44-36(62)33(59)30(56)24(19-53)69-44)17-15-50(6)22(23(52)18-47)8-9-28-49(5)12-11-29(48(3,4)27(49)10-13-51(28,50)7)70-45-37(63)38(71-42-34(60)31(57)25(20-54)67-42)39(40(73-45)41(64)65)72-43-35(61)32(58)26(21-55)68-43/h8,23-40,42-45,53-63H,9-21H2,1-7H3,(H,64,65)/t23-,24-,25+,26-,27+,28-,29+,30-,31-,32-,33+,34-,35-,36-,37+,38+,39+,40+,42+,43-,44+,45+,49+,50-,51+,52-/m1/s1. The molecule has 4 aliphatic heterocycles. The fourth-order valence-electron chi connectivity index (χ4n) is 16.1. The molecule has 0 aromatic rings. The molecule has 22 nitrogen and oxygen atoms in total. The van der Waals surface area contributed by atoms with Gasteiger partial charge in [-0.05, 0) is 109 Å². The van der Waals surface area contributed by atoms with Crippen LogP contribution in [0, 0.1) is 50.2 Å². The first-order valence-electron chi connectivity index (χ1n) is 26.6. The number of carboxylic acid groups (broad SMARTS) is 1. The van der Waals surface area contributed by atoms with Gasteiger partial charge in [0.2, 0.25) is 6.29 Å². The Kier molecular flexibility index (Phi) is 15.5. The van der Waals surface area contributed by atoms with E-state index in [2.05, 4.69) is 54.5 Å². The highest BCUT2D eigenvalue weighted by Crippen LogP contribution is 2.76. The molecule has 9 rings (SSSR count). The molecule has 0 unspecified atom stereocenters. The van der Waals surface area contributed by atoms with Crippen LogP contribution in [0.1, 0.15) is 113 Å². The molecule has 4 saturated carbocycles. The summed E-state index contributed by atoms with van der Waals surface area (Å²) in [6.07, 6.45) is -21.1. The fourth-order valence-corrected chi connectivity index (χ4v) is 16.1. The molecule has 4 saturated heterocycles. The van der Waals surface area contributed by atoms with E-state index in [1.54, 1.807) is 0 Å². The Balaban J connectivity index is 0.964. The Hall–Kier alpha value is -2.04. The number of aliphatic hydroxyl groups excluding tert-OH is 11. The molecule has 422 valence electrons. The molecule has 9 aliphatic rings. The van der Waals surface area contributed by atoms with Crippen molar-refractivity contribution < 1.29 is 109 Å². The highest BCUT2D eigenvalue weighted by atomic mass is 16.8. The molecule has 4 heterocycles. The number of hydrogen-bond acceptors (Lipinski definition) is 21. The van der Waals surface area contributed by atoms with Crippen LogP contribution in [-0.2, 0) is 47.5 Å². The SMILES string of the molecule is CC1(C)CC[C@@]2(C(=O)O[C@@H]3O[C@H](CO)[C@@H](O)[C@H](O)[C@H]3O)CC[C@]3(C)C(=CC[C@@H]4[C@@]5(C)CC[C@H](O[C@H]6O[C@H](C(=O)O)[C@@H](O[C@H]7O[C@H](CO)[C@@H](O)[C@H]7O)[C@@H](O[C@@H]7O[C@@H](CO)[C@@H](O)[C@H]7O)[C@@H]6O)C(C)(C)[C@@H]5CC[C@@]43C)[C@H]2C1. The molecule has 22 heteroatoms. The van der Waals surface area contributed by atoms with E-state index in [-0.39, 0.29) is 39.4 Å². The van der Waals surface area contributed by atoms with E-state index in [1.807, 2.05) is 0 Å². The molecule has 8 fully saturated rings. The predicted octanol–water partition coefficient (Wildman–Crippen LogP) is -0.665. The zero-order valence-electron chi connectivity index (χ0n) is 43.4. The number of carbonyl (C=O) groups is 2. The van der Waals surface area contributed by atoms with E-state index >= 15 is 0 Å². The predicted molar refractivity (Wildman–Crippen MR) is 251 cm³/mol. The number of aliphatic hydroxyl groups is 11. The number of hydrogen-bond donors (Lipinski definition) is 12. The summed E-state index contributed by atoms with van der Waals surface area (Å²) in [6.45, 7) is 13.7. The van der Waals surface area contributed by atoms with Crippen LogP contribution >= 0.6 is 0 Å². The minimum Gasteiger partial charge on any atom is -0.479 e. The molecule has 0 radical (unpaired) electrons. The van der Waals surface area contributed by atoms with Crippen LogP contribution < -0.4 is 0 Å². The molecule has 0 amide bonds. The number of fused-ring (bicyclic) bond motifs is 7. The molecule has 74 heavy (non-hydrogen) atoms. The maximum absolute atomic E-state index is 14.7. The van der Waals surface area contributed by atoms with Crippen LogP contribution in [-0.4, -0.2) is 210 Å². The topological polar surface area (TPSA) is 351 Å². The van der Waals surface area contributed by atoms with Gasteiger partial charge in [-0.2, -0.15) is 0 Å². The van der Waals surface area contributed by atoms with Gasteiger partial charge in [-0.1, -0.05) is 60.1 Å². The lowest BCUT2D eigenvalue weighted by Gasteiger charge is -2.71. The number of carboxylic acids is 1. The lowest BCUT2D eigenvalue weighted by atomic mass is 9.33. The molecule has 0 spiro atoms. The number of allylic oxidation sites excluding steroid dienone is 2. The summed E-state index contributed by atoms with van der Waals surface area (Å²) < 4.78 is 47.5. The Morgan fingerprint density at radius 3 is 1.69 bits per heavy atom. The number of ether oxygens (including phenoxy) is 8. The van der Waals surface area contributed by atoms with Crippen molar-refractivity contribution in [1.82, 2.24) is 0 Å². The summed E-state index contributed by atoms with van der Waals surface area (Å²) >= 11 is 0. The normalized spacial score (nSPS) is 52.7. The van der Waals surface area contributed by atoms with E-state index in [0.29, 0.717) is 32.1 Å². The average Bonchev–Trinajstić information content (AvgIpc) is 3.78. The highest BCUT2D eigenvalue weighted by molar-refractivity contribution is 5.79. The zero-order valence-corrected chi connectivity index (χ0v) is 43.4. The van der Waals surface area contributed by atoms with Crippen molar-refractivity contribution in [1.29, 1.82) is 0 Å². The third-order valence-corrected chi connectivity index (χ3v) is 20.7. The number of esters is 1. The Morgan fingerprint density at radius 2 is 1.11 bits per heavy atom. The van der Waals surface area contributed by atoms with Crippen molar-refractivity contribution in [3.63, 3.8) is 0 Å². The molecule has 26 atom stereocenters. The van der Waals surface area contributed by atoms with Gasteiger partial charge in [0, 0.05) is 0 Å². The van der Waals surface area contributed by atoms with Crippen LogP contribution in [0.4, 0.5) is 0 Å². The molecule has 12 N–H and O–H groups in total. The molecular weight excluding hydrogens is 977 g/mol. The molecule has 0 aromatic heterocycles. The first-order valence-corrected chi connectivity index (χ1v) is 26.6. The summed E-state index contributed by atoms with van der Waals surface area (Å²) in [5.41, 5.74) is -1.20. The van der Waals surface area contributed by atoms with E-state index in [1.165, 1.54) is 5.57 Å². The van der Waals surface area contributed by atoms with E-state index in [4.69, 9.17) is 37.9 Å². The third kappa shape index (κ3) is 8.94. The van der Waals surface area contributed by atoms with Crippen molar-refractivity contribution >= 4 is 11.9 Å². The summed E-state index contributed by atoms with van der Waals surface area (Å²) in [7, 11) is 0. The summed E-state index contributed by atoms with van der Waals surface area (Å²) in [5.74, 6) is -2.05. The van der Waals surface area contributed by atoms with Gasteiger partial charge in [0.05, 0.1) is 31.3 Å². The van der Waals surface area contributed by atoms with Crippen molar-refractivity contribution in [3.8, 4) is 0 Å². The highest BCUT2D eigenvalue weighted by Gasteiger charge is 2.70. The maximum atomic E-state index is 14.7. The molecule has 0 aromatic carbocycles.